The van der Waals surface area contributed by atoms with E-state index < -0.39 is 0 Å². The zero-order chi connectivity index (χ0) is 12.7. The van der Waals surface area contributed by atoms with Crippen molar-refractivity contribution in [3.05, 3.63) is 0 Å². The van der Waals surface area contributed by atoms with Crippen LogP contribution in [0.4, 0.5) is 0 Å². The quantitative estimate of drug-likeness (QED) is 0.757. The molecule has 1 aliphatic rings. The number of hydrogen-bond donors (Lipinski definition) is 1. The van der Waals surface area contributed by atoms with Gasteiger partial charge in [-0.15, -0.1) is 11.8 Å². The molecule has 1 rings (SSSR count). The van der Waals surface area contributed by atoms with Gasteiger partial charge < -0.3 is 5.32 Å². The van der Waals surface area contributed by atoms with E-state index in [1.54, 1.807) is 0 Å². The summed E-state index contributed by atoms with van der Waals surface area (Å²) in [6, 6.07) is 0. The molecule has 0 radical (unpaired) electrons. The van der Waals surface area contributed by atoms with Crippen LogP contribution in [0, 0.1) is 5.41 Å². The van der Waals surface area contributed by atoms with Crippen LogP contribution in [0.5, 0.6) is 0 Å². The predicted molar refractivity (Wildman–Crippen MR) is 79.9 cm³/mol. The molecule has 4 heteroatoms. The Bertz CT molecular complexity index is 229. The first-order valence-corrected chi connectivity index (χ1v) is 8.79. The van der Waals surface area contributed by atoms with Crippen LogP contribution in [-0.2, 0) is 4.79 Å². The molecule has 0 bridgehead atoms. The average Bonchev–Trinajstić information content (AvgIpc) is 2.41. The summed E-state index contributed by atoms with van der Waals surface area (Å²) in [5.74, 6) is 1.39. The molecule has 0 aromatic rings. The molecule has 1 aliphatic heterocycles. The van der Waals surface area contributed by atoms with E-state index in [1.165, 1.54) is 12.8 Å². The Hall–Kier alpha value is 0.300. The van der Waals surface area contributed by atoms with Crippen molar-refractivity contribution in [3.63, 3.8) is 0 Å². The number of hydrogen-bond acceptors (Lipinski definition) is 2. The predicted octanol–water partition coefficient (Wildman–Crippen LogP) is 3.59. The van der Waals surface area contributed by atoms with Gasteiger partial charge in [-0.05, 0) is 36.9 Å². The van der Waals surface area contributed by atoms with Crippen molar-refractivity contribution < 1.29 is 4.79 Å². The summed E-state index contributed by atoms with van der Waals surface area (Å²) in [6.07, 6.45) is 5.73. The number of amides is 1. The van der Waals surface area contributed by atoms with Crippen LogP contribution in [0.1, 0.15) is 46.0 Å². The van der Waals surface area contributed by atoms with Crippen LogP contribution < -0.4 is 5.32 Å². The van der Waals surface area contributed by atoms with Gasteiger partial charge in [-0.3, -0.25) is 4.79 Å². The number of carbonyl (C=O) groups excluding carboxylic acids is 1. The molecule has 100 valence electrons. The summed E-state index contributed by atoms with van der Waals surface area (Å²) in [4.78, 5) is 12.0. The SMILES string of the molecule is CCC(CC)(CBr)CNC(=O)C1CCCCS1. The second-order valence-corrected chi connectivity index (χ2v) is 6.79. The van der Waals surface area contributed by atoms with E-state index in [9.17, 15) is 4.79 Å². The van der Waals surface area contributed by atoms with E-state index in [2.05, 4.69) is 35.1 Å². The fraction of sp³-hybridized carbons (Fsp3) is 0.923. The van der Waals surface area contributed by atoms with Crippen LogP contribution in [0.25, 0.3) is 0 Å². The highest BCUT2D eigenvalue weighted by atomic mass is 79.9. The lowest BCUT2D eigenvalue weighted by molar-refractivity contribution is -0.121. The topological polar surface area (TPSA) is 29.1 Å². The highest BCUT2D eigenvalue weighted by molar-refractivity contribution is 9.09. The van der Waals surface area contributed by atoms with Crippen LogP contribution in [0.2, 0.25) is 0 Å². The lowest BCUT2D eigenvalue weighted by atomic mass is 9.84. The number of carbonyl (C=O) groups is 1. The van der Waals surface area contributed by atoms with Gasteiger partial charge in [0.1, 0.15) is 0 Å². The summed E-state index contributed by atoms with van der Waals surface area (Å²) >= 11 is 5.40. The highest BCUT2D eigenvalue weighted by Crippen LogP contribution is 2.29. The molecule has 1 saturated heterocycles. The van der Waals surface area contributed by atoms with E-state index in [0.29, 0.717) is 0 Å². The van der Waals surface area contributed by atoms with Crippen molar-refractivity contribution in [2.75, 3.05) is 17.6 Å². The highest BCUT2D eigenvalue weighted by Gasteiger charge is 2.28. The zero-order valence-corrected chi connectivity index (χ0v) is 13.3. The van der Waals surface area contributed by atoms with E-state index in [-0.39, 0.29) is 16.6 Å². The Morgan fingerprint density at radius 1 is 1.41 bits per heavy atom. The van der Waals surface area contributed by atoms with Crippen LogP contribution in [0.3, 0.4) is 0 Å². The minimum absolute atomic E-state index is 0.200. The maximum atomic E-state index is 12.0. The molecule has 0 aromatic heterocycles. The van der Waals surface area contributed by atoms with Crippen molar-refractivity contribution in [3.8, 4) is 0 Å². The fourth-order valence-electron chi connectivity index (χ4n) is 2.07. The molecule has 2 nitrogen and oxygen atoms in total. The smallest absolute Gasteiger partial charge is 0.233 e. The van der Waals surface area contributed by atoms with Crippen molar-refractivity contribution >= 4 is 33.6 Å². The molecule has 0 aliphatic carbocycles. The first-order chi connectivity index (χ1) is 8.17. The van der Waals surface area contributed by atoms with Crippen LogP contribution >= 0.6 is 27.7 Å². The number of thioether (sulfide) groups is 1. The minimum Gasteiger partial charge on any atom is -0.355 e. The third kappa shape index (κ3) is 4.47. The zero-order valence-electron chi connectivity index (χ0n) is 10.9. The molecule has 1 N–H and O–H groups in total. The minimum atomic E-state index is 0.200. The Kier molecular flexibility index (Phi) is 6.93. The Morgan fingerprint density at radius 2 is 2.12 bits per heavy atom. The monoisotopic (exact) mass is 321 g/mol. The van der Waals surface area contributed by atoms with Gasteiger partial charge in [0.05, 0.1) is 5.25 Å². The van der Waals surface area contributed by atoms with Gasteiger partial charge in [-0.2, -0.15) is 0 Å². The summed E-state index contributed by atoms with van der Waals surface area (Å²) in [6.45, 7) is 5.21. The van der Waals surface area contributed by atoms with E-state index in [1.807, 2.05) is 11.8 Å². The third-order valence-electron chi connectivity index (χ3n) is 3.89. The normalized spacial score (nSPS) is 21.2. The second-order valence-electron chi connectivity index (χ2n) is 4.91. The Labute approximate surface area is 118 Å². The molecule has 0 spiro atoms. The van der Waals surface area contributed by atoms with Gasteiger partial charge in [0.2, 0.25) is 5.91 Å². The molecule has 1 amide bonds. The molecule has 1 heterocycles. The molecule has 1 atom stereocenters. The summed E-state index contributed by atoms with van der Waals surface area (Å²) < 4.78 is 0. The molecule has 17 heavy (non-hydrogen) atoms. The number of nitrogens with one attached hydrogen (secondary N) is 1. The van der Waals surface area contributed by atoms with Crippen LogP contribution in [0.15, 0.2) is 0 Å². The summed E-state index contributed by atoms with van der Waals surface area (Å²) in [7, 11) is 0. The van der Waals surface area contributed by atoms with E-state index in [4.69, 9.17) is 0 Å². The van der Waals surface area contributed by atoms with Crippen molar-refractivity contribution in [1.29, 1.82) is 0 Å². The standard InChI is InChI=1S/C13H24BrNOS/c1-3-13(4-2,9-14)10-15-12(16)11-7-5-6-8-17-11/h11H,3-10H2,1-2H3,(H,15,16). The van der Waals surface area contributed by atoms with Gasteiger partial charge in [0.15, 0.2) is 0 Å². The summed E-state index contributed by atoms with van der Waals surface area (Å²) in [5, 5.41) is 4.32. The van der Waals surface area contributed by atoms with Gasteiger partial charge >= 0.3 is 0 Å². The van der Waals surface area contributed by atoms with Crippen molar-refractivity contribution in [1.82, 2.24) is 5.32 Å². The second kappa shape index (κ2) is 7.67. The number of rotatable bonds is 6. The maximum absolute atomic E-state index is 12.0. The largest absolute Gasteiger partial charge is 0.355 e. The molecule has 1 unspecified atom stereocenters. The summed E-state index contributed by atoms with van der Waals surface area (Å²) in [5.41, 5.74) is 0.231. The van der Waals surface area contributed by atoms with Gasteiger partial charge in [-0.1, -0.05) is 36.2 Å². The van der Waals surface area contributed by atoms with Crippen molar-refractivity contribution in [2.45, 2.75) is 51.2 Å². The lowest BCUT2D eigenvalue weighted by Crippen LogP contribution is -2.42. The molecule has 0 aromatic carbocycles. The average molecular weight is 322 g/mol. The molecule has 1 fully saturated rings. The first-order valence-electron chi connectivity index (χ1n) is 6.62. The van der Waals surface area contributed by atoms with Gasteiger partial charge in [-0.25, -0.2) is 0 Å². The molecular formula is C13H24BrNOS. The number of alkyl halides is 1. The first kappa shape index (κ1) is 15.4. The Balaban J connectivity index is 2.40. The fourth-order valence-corrected chi connectivity index (χ4v) is 4.29. The number of halogens is 1. The van der Waals surface area contributed by atoms with Crippen molar-refractivity contribution in [2.24, 2.45) is 5.41 Å². The molecular weight excluding hydrogens is 298 g/mol. The Morgan fingerprint density at radius 3 is 2.59 bits per heavy atom. The molecule has 0 saturated carbocycles. The van der Waals surface area contributed by atoms with E-state index >= 15 is 0 Å². The van der Waals surface area contributed by atoms with E-state index in [0.717, 1.165) is 36.9 Å². The lowest BCUT2D eigenvalue weighted by Gasteiger charge is -2.31. The van der Waals surface area contributed by atoms with Crippen LogP contribution in [-0.4, -0.2) is 28.8 Å². The maximum Gasteiger partial charge on any atom is 0.233 e. The van der Waals surface area contributed by atoms with Gasteiger partial charge in [0.25, 0.3) is 0 Å². The third-order valence-corrected chi connectivity index (χ3v) is 6.46. The van der Waals surface area contributed by atoms with Gasteiger partial charge in [0, 0.05) is 11.9 Å².